The third-order valence-corrected chi connectivity index (χ3v) is 2.89. The highest BCUT2D eigenvalue weighted by Gasteiger charge is 2.07. The van der Waals surface area contributed by atoms with Crippen molar-refractivity contribution < 1.29 is 19.1 Å². The number of rotatable bonds is 8. The number of esters is 1. The predicted molar refractivity (Wildman–Crippen MR) is 74.7 cm³/mol. The molecule has 0 N–H and O–H groups in total. The average Bonchev–Trinajstić information content (AvgIpc) is 2.39. The van der Waals surface area contributed by atoms with Gasteiger partial charge in [-0.05, 0) is 24.6 Å². The van der Waals surface area contributed by atoms with Gasteiger partial charge in [0.25, 0.3) is 0 Å². The van der Waals surface area contributed by atoms with Gasteiger partial charge in [0.2, 0.25) is 0 Å². The van der Waals surface area contributed by atoms with Crippen LogP contribution < -0.4 is 0 Å². The van der Waals surface area contributed by atoms with Crippen LogP contribution in [0.5, 0.6) is 0 Å². The van der Waals surface area contributed by atoms with Gasteiger partial charge in [0, 0.05) is 10.9 Å². The van der Waals surface area contributed by atoms with E-state index in [0.717, 1.165) is 10.0 Å². The Balaban J connectivity index is 2.16. The summed E-state index contributed by atoms with van der Waals surface area (Å²) in [4.78, 5) is 22.5. The molecule has 0 aliphatic carbocycles. The van der Waals surface area contributed by atoms with Gasteiger partial charge in [-0.2, -0.15) is 0 Å². The molecular formula is C14H17BrO4. The molecule has 104 valence electrons. The zero-order chi connectivity index (χ0) is 14.1. The van der Waals surface area contributed by atoms with E-state index < -0.39 is 0 Å². The second-order valence-corrected chi connectivity index (χ2v) is 4.88. The number of hydrogen-bond donors (Lipinski definition) is 0. The van der Waals surface area contributed by atoms with Crippen LogP contribution in [0.15, 0.2) is 28.7 Å². The second kappa shape index (κ2) is 8.82. The number of Topliss-reactive ketones (excluding diaryl/α,β-unsaturated/α-hetero) is 1. The second-order valence-electron chi connectivity index (χ2n) is 3.96. The lowest BCUT2D eigenvalue weighted by Gasteiger charge is -2.04. The molecule has 0 spiro atoms. The Morgan fingerprint density at radius 3 is 2.47 bits per heavy atom. The van der Waals surface area contributed by atoms with Crippen molar-refractivity contribution in [3.05, 3.63) is 34.3 Å². The molecule has 0 saturated heterocycles. The van der Waals surface area contributed by atoms with Gasteiger partial charge in [0.1, 0.15) is 6.61 Å². The summed E-state index contributed by atoms with van der Waals surface area (Å²) in [7, 11) is 0. The third kappa shape index (κ3) is 7.08. The number of carbonyl (C=O) groups is 2. The van der Waals surface area contributed by atoms with Crippen LogP contribution in [0.25, 0.3) is 0 Å². The highest BCUT2D eigenvalue weighted by molar-refractivity contribution is 9.10. The highest BCUT2D eigenvalue weighted by Crippen LogP contribution is 2.11. The molecule has 0 atom stereocenters. The van der Waals surface area contributed by atoms with E-state index in [1.54, 1.807) is 6.92 Å². The molecule has 0 fully saturated rings. The van der Waals surface area contributed by atoms with E-state index in [0.29, 0.717) is 13.2 Å². The monoisotopic (exact) mass is 328 g/mol. The zero-order valence-electron chi connectivity index (χ0n) is 10.9. The van der Waals surface area contributed by atoms with E-state index in [1.807, 2.05) is 24.3 Å². The van der Waals surface area contributed by atoms with Gasteiger partial charge < -0.3 is 9.47 Å². The summed E-state index contributed by atoms with van der Waals surface area (Å²) in [5.74, 6) is -0.436. The van der Waals surface area contributed by atoms with Crippen molar-refractivity contribution in [3.63, 3.8) is 0 Å². The first-order chi connectivity index (χ1) is 9.11. The Kier molecular flexibility index (Phi) is 7.36. The molecule has 4 nitrogen and oxygen atoms in total. The van der Waals surface area contributed by atoms with Crippen LogP contribution in [0.4, 0.5) is 0 Å². The van der Waals surface area contributed by atoms with Crippen LogP contribution in [0.2, 0.25) is 0 Å². The van der Waals surface area contributed by atoms with Gasteiger partial charge in [-0.25, -0.2) is 0 Å². The van der Waals surface area contributed by atoms with E-state index in [9.17, 15) is 9.59 Å². The zero-order valence-corrected chi connectivity index (χ0v) is 12.4. The van der Waals surface area contributed by atoms with E-state index in [2.05, 4.69) is 15.9 Å². The van der Waals surface area contributed by atoms with Crippen LogP contribution in [-0.4, -0.2) is 25.0 Å². The summed E-state index contributed by atoms with van der Waals surface area (Å²) < 4.78 is 11.0. The minimum Gasteiger partial charge on any atom is -0.466 e. The highest BCUT2D eigenvalue weighted by atomic mass is 79.9. The molecule has 0 saturated carbocycles. The summed E-state index contributed by atoms with van der Waals surface area (Å²) in [5, 5.41) is 0. The van der Waals surface area contributed by atoms with Crippen molar-refractivity contribution in [2.75, 3.05) is 13.2 Å². The number of hydrogen-bond acceptors (Lipinski definition) is 4. The number of benzene rings is 1. The first kappa shape index (κ1) is 15.9. The lowest BCUT2D eigenvalue weighted by Crippen LogP contribution is -2.12. The van der Waals surface area contributed by atoms with Crippen molar-refractivity contribution in [1.29, 1.82) is 0 Å². The fourth-order valence-electron chi connectivity index (χ4n) is 1.41. The molecule has 0 aliphatic rings. The summed E-state index contributed by atoms with van der Waals surface area (Å²) in [5.41, 5.74) is 1.00. The van der Waals surface area contributed by atoms with Crippen LogP contribution in [0.1, 0.15) is 25.3 Å². The molecule has 0 aromatic heterocycles. The van der Waals surface area contributed by atoms with E-state index >= 15 is 0 Å². The van der Waals surface area contributed by atoms with Gasteiger partial charge in [-0.1, -0.05) is 28.1 Å². The van der Waals surface area contributed by atoms with Gasteiger partial charge in [-0.15, -0.1) is 0 Å². The molecule has 1 aromatic carbocycles. The maximum Gasteiger partial charge on any atom is 0.306 e. The molecular weight excluding hydrogens is 312 g/mol. The number of halogens is 1. The first-order valence-electron chi connectivity index (χ1n) is 6.11. The average molecular weight is 329 g/mol. The van der Waals surface area contributed by atoms with Crippen LogP contribution in [-0.2, 0) is 25.7 Å². The van der Waals surface area contributed by atoms with Crippen molar-refractivity contribution in [2.45, 2.75) is 26.4 Å². The third-order valence-electron chi connectivity index (χ3n) is 2.36. The SMILES string of the molecule is CCOC(=O)CCC(=O)COCc1ccc(Br)cc1. The molecule has 0 amide bonds. The van der Waals surface area contributed by atoms with E-state index in [4.69, 9.17) is 9.47 Å². The Labute approximate surface area is 121 Å². The Hall–Kier alpha value is -1.20. The minimum absolute atomic E-state index is 0.0233. The predicted octanol–water partition coefficient (Wildman–Crippen LogP) is 2.88. The van der Waals surface area contributed by atoms with Crippen molar-refractivity contribution >= 4 is 27.7 Å². The summed E-state index contributed by atoms with van der Waals surface area (Å²) in [6.07, 6.45) is 0.285. The smallest absolute Gasteiger partial charge is 0.306 e. The van der Waals surface area contributed by atoms with Gasteiger partial charge in [-0.3, -0.25) is 9.59 Å². The molecule has 5 heteroatoms. The standard InChI is InChI=1S/C14H17BrO4/c1-2-19-14(17)8-7-13(16)10-18-9-11-3-5-12(15)6-4-11/h3-6H,2,7-10H2,1H3. The normalized spacial score (nSPS) is 10.2. The minimum atomic E-state index is -0.344. The number of carbonyl (C=O) groups excluding carboxylic acids is 2. The molecule has 1 aromatic rings. The maximum atomic E-state index is 11.5. The number of ketones is 1. The molecule has 0 unspecified atom stereocenters. The van der Waals surface area contributed by atoms with Gasteiger partial charge >= 0.3 is 5.97 Å². The fraction of sp³-hybridized carbons (Fsp3) is 0.429. The lowest BCUT2D eigenvalue weighted by molar-refractivity contribution is -0.144. The van der Waals surface area contributed by atoms with Gasteiger partial charge in [0.05, 0.1) is 19.6 Å². The Morgan fingerprint density at radius 2 is 1.84 bits per heavy atom. The molecule has 19 heavy (non-hydrogen) atoms. The van der Waals surface area contributed by atoms with Crippen LogP contribution in [0.3, 0.4) is 0 Å². The van der Waals surface area contributed by atoms with Gasteiger partial charge in [0.15, 0.2) is 5.78 Å². The van der Waals surface area contributed by atoms with E-state index in [-0.39, 0.29) is 31.2 Å². The lowest BCUT2D eigenvalue weighted by atomic mass is 10.2. The summed E-state index contributed by atoms with van der Waals surface area (Å²) in [6, 6.07) is 7.68. The molecule has 1 rings (SSSR count). The Bertz CT molecular complexity index is 414. The fourth-order valence-corrected chi connectivity index (χ4v) is 1.67. The summed E-state index contributed by atoms with van der Waals surface area (Å²) in [6.45, 7) is 2.49. The quantitative estimate of drug-likeness (QED) is 0.688. The van der Waals surface area contributed by atoms with E-state index in [1.165, 1.54) is 0 Å². The van der Waals surface area contributed by atoms with Crippen molar-refractivity contribution in [1.82, 2.24) is 0 Å². The molecule has 0 aliphatic heterocycles. The molecule has 0 heterocycles. The maximum absolute atomic E-state index is 11.5. The van der Waals surface area contributed by atoms with Crippen molar-refractivity contribution in [3.8, 4) is 0 Å². The largest absolute Gasteiger partial charge is 0.466 e. The van der Waals surface area contributed by atoms with Crippen LogP contribution in [0, 0.1) is 0 Å². The van der Waals surface area contributed by atoms with Crippen molar-refractivity contribution in [2.24, 2.45) is 0 Å². The summed E-state index contributed by atoms with van der Waals surface area (Å²) >= 11 is 3.34. The molecule has 0 bridgehead atoms. The Morgan fingerprint density at radius 1 is 1.16 bits per heavy atom. The first-order valence-corrected chi connectivity index (χ1v) is 6.90. The number of ether oxygens (including phenoxy) is 2. The topological polar surface area (TPSA) is 52.6 Å². The molecule has 0 radical (unpaired) electrons. The van der Waals surface area contributed by atoms with Crippen LogP contribution >= 0.6 is 15.9 Å².